The summed E-state index contributed by atoms with van der Waals surface area (Å²) < 4.78 is 26.9. The van der Waals surface area contributed by atoms with Crippen molar-refractivity contribution in [2.75, 3.05) is 38.0 Å². The van der Waals surface area contributed by atoms with Gasteiger partial charge in [-0.2, -0.15) is 4.31 Å². The molecule has 0 bridgehead atoms. The number of carbonyl (C=O) groups excluding carboxylic acids is 1. The third-order valence-electron chi connectivity index (χ3n) is 5.30. The number of anilines is 1. The first-order chi connectivity index (χ1) is 12.9. The molecule has 2 N–H and O–H groups in total. The Kier molecular flexibility index (Phi) is 8.26. The zero-order valence-corrected chi connectivity index (χ0v) is 17.7. The lowest BCUT2D eigenvalue weighted by Crippen LogP contribution is -3.13. The summed E-state index contributed by atoms with van der Waals surface area (Å²) in [4.78, 5) is 14.1. The normalized spacial score (nSPS) is 16.7. The van der Waals surface area contributed by atoms with Crippen molar-refractivity contribution in [2.24, 2.45) is 0 Å². The van der Waals surface area contributed by atoms with Crippen LogP contribution < -0.4 is 10.2 Å². The maximum absolute atomic E-state index is 12.7. The molecule has 1 aliphatic heterocycles. The van der Waals surface area contributed by atoms with Gasteiger partial charge in [0.05, 0.1) is 18.0 Å². The Morgan fingerprint density at radius 3 is 2.26 bits per heavy atom. The van der Waals surface area contributed by atoms with Gasteiger partial charge in [0.2, 0.25) is 10.0 Å². The Morgan fingerprint density at radius 1 is 1.07 bits per heavy atom. The minimum atomic E-state index is -3.54. The van der Waals surface area contributed by atoms with E-state index in [1.165, 1.54) is 41.3 Å². The first kappa shape index (κ1) is 21.9. The van der Waals surface area contributed by atoms with E-state index in [0.717, 1.165) is 18.7 Å². The topological polar surface area (TPSA) is 70.9 Å². The molecule has 0 spiro atoms. The third-order valence-corrected chi connectivity index (χ3v) is 7.34. The maximum atomic E-state index is 12.7. The van der Waals surface area contributed by atoms with E-state index in [0.29, 0.717) is 25.3 Å². The number of carbonyl (C=O) groups is 1. The molecule has 0 aromatic heterocycles. The smallest absolute Gasteiger partial charge is 0.279 e. The number of sulfonamides is 1. The number of nitrogens with zero attached hydrogens (tertiary/aromatic N) is 1. The predicted molar refractivity (Wildman–Crippen MR) is 109 cm³/mol. The molecule has 0 unspecified atom stereocenters. The van der Waals surface area contributed by atoms with Crippen LogP contribution in [0.1, 0.15) is 51.5 Å². The second-order valence-corrected chi connectivity index (χ2v) is 9.25. The van der Waals surface area contributed by atoms with Crippen molar-refractivity contribution in [2.45, 2.75) is 57.8 Å². The number of aryl methyl sites for hydroxylation is 1. The van der Waals surface area contributed by atoms with Gasteiger partial charge in [0.15, 0.2) is 6.54 Å². The van der Waals surface area contributed by atoms with Gasteiger partial charge in [0.25, 0.3) is 5.91 Å². The predicted octanol–water partition coefficient (Wildman–Crippen LogP) is 1.81. The van der Waals surface area contributed by atoms with Gasteiger partial charge in [0, 0.05) is 18.8 Å². The van der Waals surface area contributed by atoms with E-state index in [1.807, 2.05) is 20.8 Å². The van der Waals surface area contributed by atoms with Crippen LogP contribution in [0, 0.1) is 6.92 Å². The van der Waals surface area contributed by atoms with Crippen LogP contribution in [0.4, 0.5) is 5.69 Å². The van der Waals surface area contributed by atoms with Gasteiger partial charge in [-0.25, -0.2) is 8.42 Å². The highest BCUT2D eigenvalue weighted by atomic mass is 32.2. The average Bonchev–Trinajstić information content (AvgIpc) is 2.59. The molecule has 27 heavy (non-hydrogen) atoms. The SMILES string of the molecule is CCN(CC)S(=O)(=O)c1ccc(C)c(NC(=O)C[NH+]2CCCCCCC2)c1. The first-order valence-corrected chi connectivity index (χ1v) is 11.6. The van der Waals surface area contributed by atoms with E-state index < -0.39 is 10.0 Å². The van der Waals surface area contributed by atoms with Crippen LogP contribution in [0.25, 0.3) is 0 Å². The van der Waals surface area contributed by atoms with Crippen LogP contribution in [0.2, 0.25) is 0 Å². The summed E-state index contributed by atoms with van der Waals surface area (Å²) in [6, 6.07) is 4.96. The van der Waals surface area contributed by atoms with Crippen molar-refractivity contribution in [1.29, 1.82) is 0 Å². The Labute approximate surface area is 164 Å². The number of hydrogen-bond donors (Lipinski definition) is 2. The maximum Gasteiger partial charge on any atom is 0.279 e. The molecule has 0 saturated carbocycles. The van der Waals surface area contributed by atoms with Gasteiger partial charge in [0.1, 0.15) is 0 Å². The van der Waals surface area contributed by atoms with Crippen LogP contribution in [-0.4, -0.2) is 51.4 Å². The first-order valence-electron chi connectivity index (χ1n) is 10.1. The molecule has 0 atom stereocenters. The lowest BCUT2D eigenvalue weighted by Gasteiger charge is -2.22. The van der Waals surface area contributed by atoms with Crippen molar-refractivity contribution in [3.8, 4) is 0 Å². The Balaban J connectivity index is 2.10. The third kappa shape index (κ3) is 6.02. The van der Waals surface area contributed by atoms with E-state index in [2.05, 4.69) is 5.32 Å². The highest BCUT2D eigenvalue weighted by Gasteiger charge is 2.23. The molecule has 2 rings (SSSR count). The number of amides is 1. The molecule has 0 aliphatic carbocycles. The fourth-order valence-corrected chi connectivity index (χ4v) is 5.10. The van der Waals surface area contributed by atoms with Crippen LogP contribution in [-0.2, 0) is 14.8 Å². The van der Waals surface area contributed by atoms with Gasteiger partial charge in [-0.1, -0.05) is 26.3 Å². The molecule has 6 nitrogen and oxygen atoms in total. The standard InChI is InChI=1S/C20H33N3O3S/c1-4-23(5-2)27(25,26)18-12-11-17(3)19(15-18)21-20(24)16-22-13-9-7-6-8-10-14-22/h11-12,15H,4-10,13-14,16H2,1-3H3,(H,21,24)/p+1. The summed E-state index contributed by atoms with van der Waals surface area (Å²) in [6.07, 6.45) is 6.12. The molecule has 152 valence electrons. The molecule has 1 amide bonds. The van der Waals surface area contributed by atoms with Crippen LogP contribution in [0.15, 0.2) is 23.1 Å². The van der Waals surface area contributed by atoms with Crippen molar-refractivity contribution in [1.82, 2.24) is 4.31 Å². The molecule has 1 aromatic carbocycles. The second-order valence-electron chi connectivity index (χ2n) is 7.31. The van der Waals surface area contributed by atoms with Gasteiger partial charge in [-0.15, -0.1) is 0 Å². The van der Waals surface area contributed by atoms with Crippen molar-refractivity contribution in [3.05, 3.63) is 23.8 Å². The Bertz CT molecular complexity index is 722. The molecule has 0 radical (unpaired) electrons. The van der Waals surface area contributed by atoms with Gasteiger partial charge in [-0.3, -0.25) is 4.79 Å². The highest BCUT2D eigenvalue weighted by molar-refractivity contribution is 7.89. The largest absolute Gasteiger partial charge is 0.327 e. The lowest BCUT2D eigenvalue weighted by molar-refractivity contribution is -0.892. The average molecular weight is 397 g/mol. The molecule has 1 heterocycles. The van der Waals surface area contributed by atoms with E-state index in [1.54, 1.807) is 18.2 Å². The van der Waals surface area contributed by atoms with Crippen LogP contribution in [0.3, 0.4) is 0 Å². The monoisotopic (exact) mass is 396 g/mol. The van der Waals surface area contributed by atoms with E-state index in [9.17, 15) is 13.2 Å². The summed E-state index contributed by atoms with van der Waals surface area (Å²) in [5.74, 6) is -0.0499. The van der Waals surface area contributed by atoms with Gasteiger partial charge >= 0.3 is 0 Å². The Hall–Kier alpha value is -1.44. The fourth-order valence-electron chi connectivity index (χ4n) is 3.61. The minimum absolute atomic E-state index is 0.0499. The Morgan fingerprint density at radius 2 is 1.67 bits per heavy atom. The summed E-state index contributed by atoms with van der Waals surface area (Å²) in [6.45, 7) is 8.87. The quantitative estimate of drug-likeness (QED) is 0.738. The van der Waals surface area contributed by atoms with Gasteiger partial charge < -0.3 is 10.2 Å². The minimum Gasteiger partial charge on any atom is -0.327 e. The molecule has 1 aliphatic rings. The summed E-state index contributed by atoms with van der Waals surface area (Å²) in [7, 11) is -3.54. The van der Waals surface area contributed by atoms with Crippen LogP contribution in [0.5, 0.6) is 0 Å². The lowest BCUT2D eigenvalue weighted by atomic mass is 10.1. The number of likely N-dealkylation sites (tertiary alicyclic amines) is 1. The van der Waals surface area contributed by atoms with E-state index >= 15 is 0 Å². The van der Waals surface area contributed by atoms with E-state index in [-0.39, 0.29) is 10.8 Å². The van der Waals surface area contributed by atoms with Crippen molar-refractivity contribution < 1.29 is 18.1 Å². The number of hydrogen-bond acceptors (Lipinski definition) is 3. The van der Waals surface area contributed by atoms with Crippen LogP contribution >= 0.6 is 0 Å². The number of rotatable bonds is 7. The van der Waals surface area contributed by atoms with E-state index in [4.69, 9.17) is 0 Å². The number of nitrogens with one attached hydrogen (secondary N) is 2. The second kappa shape index (κ2) is 10.2. The van der Waals surface area contributed by atoms with Crippen molar-refractivity contribution in [3.63, 3.8) is 0 Å². The molecular weight excluding hydrogens is 362 g/mol. The summed E-state index contributed by atoms with van der Waals surface area (Å²) >= 11 is 0. The number of quaternary nitrogens is 1. The molecule has 7 heteroatoms. The zero-order chi connectivity index (χ0) is 19.9. The van der Waals surface area contributed by atoms with Gasteiger partial charge in [-0.05, 0) is 50.3 Å². The molecule has 1 saturated heterocycles. The molecule has 1 aromatic rings. The number of benzene rings is 1. The van der Waals surface area contributed by atoms with Crippen molar-refractivity contribution >= 4 is 21.6 Å². The summed E-state index contributed by atoms with van der Waals surface area (Å²) in [5.41, 5.74) is 1.45. The fraction of sp³-hybridized carbons (Fsp3) is 0.650. The zero-order valence-electron chi connectivity index (χ0n) is 16.9. The molecule has 1 fully saturated rings. The molecular formula is C20H34N3O3S+. The summed E-state index contributed by atoms with van der Waals surface area (Å²) in [5, 5.41) is 2.94. The highest BCUT2D eigenvalue weighted by Crippen LogP contribution is 2.22.